The normalized spacial score (nSPS) is 21.1. The average Bonchev–Trinajstić information content (AvgIpc) is 3.61. The van der Waals surface area contributed by atoms with Crippen LogP contribution in [0.1, 0.15) is 49.7 Å². The van der Waals surface area contributed by atoms with Gasteiger partial charge in [-0.2, -0.15) is 21.6 Å². The lowest BCUT2D eigenvalue weighted by molar-refractivity contribution is -0.123. The molecule has 2 radical (unpaired) electrons. The smallest absolute Gasteiger partial charge is 0.390 e. The standard InChI is InChI=1S/C36H65BN4O27P6/c1-38-14-7-8-29-9-11-30(12-10-29)26-31(39-2)36(44)41-16-19-58-21-23-60-25-24-59-22-20-57-18-13-35(43)40-15-5-3-4-6-17-61-69(45,46)64-71(49,50)66-73(53,54)68-74(55,56)67-72(51,52)65-70(47,48)62-28-33-32(42)27-34(37)63-33/h9-12,31-34,38-39,42H,3-6,13-28H2,1-2H3,(H,40,43)(H,41,44)(H,45,46)(H,47,48)(H,49,50)(H,51,52)(H,53,54)(H,55,56)/t31?,32-,33+,34+/m1/s1. The zero-order chi connectivity index (χ0) is 55.3. The first-order chi connectivity index (χ1) is 34.7. The summed E-state index contributed by atoms with van der Waals surface area (Å²) >= 11 is 0. The van der Waals surface area contributed by atoms with Crippen LogP contribution in [0, 0.1) is 11.8 Å². The van der Waals surface area contributed by atoms with Crippen molar-refractivity contribution in [3.8, 4) is 11.8 Å². The van der Waals surface area contributed by atoms with Gasteiger partial charge in [-0.15, -0.1) is 0 Å². The first-order valence-electron chi connectivity index (χ1n) is 22.3. The molecule has 2 rings (SSSR count). The van der Waals surface area contributed by atoms with Crippen molar-refractivity contribution in [1.82, 2.24) is 21.3 Å². The van der Waals surface area contributed by atoms with Gasteiger partial charge in [0.1, 0.15) is 14.0 Å². The summed E-state index contributed by atoms with van der Waals surface area (Å²) in [5.74, 6) is 5.66. The number of hydrogen-bond acceptors (Lipinski definition) is 23. The van der Waals surface area contributed by atoms with E-state index in [-0.39, 0.29) is 57.4 Å². The number of carbonyl (C=O) groups excluding carboxylic acids is 2. The molecule has 0 bridgehead atoms. The van der Waals surface area contributed by atoms with Gasteiger partial charge in [0.15, 0.2) is 0 Å². The van der Waals surface area contributed by atoms with Crippen LogP contribution in [0.2, 0.25) is 0 Å². The number of unbranched alkanes of at least 4 members (excludes halogenated alkanes) is 3. The maximum absolute atomic E-state index is 12.6. The van der Waals surface area contributed by atoms with Gasteiger partial charge in [-0.25, -0.2) is 27.4 Å². The molecular formula is C36H65BN4O27P6. The fraction of sp³-hybridized carbons (Fsp3) is 0.722. The van der Waals surface area contributed by atoms with E-state index in [2.05, 4.69) is 63.7 Å². The minimum atomic E-state index is -6.43. The highest BCUT2D eigenvalue weighted by atomic mass is 31.3. The van der Waals surface area contributed by atoms with Crippen LogP contribution >= 0.6 is 46.9 Å². The van der Waals surface area contributed by atoms with Crippen LogP contribution in [-0.4, -0.2) is 178 Å². The van der Waals surface area contributed by atoms with Gasteiger partial charge in [-0.3, -0.25) is 18.6 Å². The molecule has 0 spiro atoms. The maximum Gasteiger partial charge on any atom is 0.490 e. The van der Waals surface area contributed by atoms with E-state index in [0.717, 1.165) is 11.1 Å². The Hall–Kier alpha value is -1.68. The fourth-order valence-corrected chi connectivity index (χ4v) is 13.6. The van der Waals surface area contributed by atoms with Gasteiger partial charge in [-0.05, 0) is 57.5 Å². The maximum atomic E-state index is 12.6. The number of ether oxygens (including phenoxy) is 5. The van der Waals surface area contributed by atoms with Gasteiger partial charge in [0.25, 0.3) is 0 Å². The number of likely N-dealkylation sites (N-methyl/N-ethyl adjacent to an activating group) is 1. The van der Waals surface area contributed by atoms with Crippen LogP contribution in [-0.2, 0) is 97.7 Å². The zero-order valence-corrected chi connectivity index (χ0v) is 45.7. The third-order valence-corrected chi connectivity index (χ3v) is 18.3. The summed E-state index contributed by atoms with van der Waals surface area (Å²) in [6.45, 7) is 2.01. The molecule has 0 aromatic heterocycles. The molecular weight excluding hydrogens is 1120 g/mol. The van der Waals surface area contributed by atoms with Gasteiger partial charge < -0.3 is 79.4 Å². The van der Waals surface area contributed by atoms with E-state index in [1.807, 2.05) is 31.3 Å². The summed E-state index contributed by atoms with van der Waals surface area (Å²) in [5, 5.41) is 21.3. The third kappa shape index (κ3) is 32.9. The van der Waals surface area contributed by atoms with Crippen LogP contribution in [0.3, 0.4) is 0 Å². The SMILES string of the molecule is [B][C@@H]1C[C@@H](O)[C@H](COP(=O)(O)OP(=O)(O)OP(=O)(O)OP(=O)(O)OP(=O)(O)OP(=O)(O)OCCCCCCNC(=O)CCOCCOCCOCCOCCNC(=O)C(Cc2ccc(C#CCNC)cc2)NC)O1. The van der Waals surface area contributed by atoms with Crippen molar-refractivity contribution in [1.29, 1.82) is 0 Å². The molecule has 74 heavy (non-hydrogen) atoms. The Morgan fingerprint density at radius 1 is 0.662 bits per heavy atom. The van der Waals surface area contributed by atoms with E-state index in [1.54, 1.807) is 7.05 Å². The molecule has 0 aliphatic carbocycles. The molecule has 1 aliphatic rings. The Bertz CT molecular complexity index is 2210. The molecule has 1 heterocycles. The van der Waals surface area contributed by atoms with Crippen molar-refractivity contribution in [3.05, 3.63) is 35.4 Å². The number of benzene rings is 1. The highest BCUT2D eigenvalue weighted by Crippen LogP contribution is 2.75. The summed E-state index contributed by atoms with van der Waals surface area (Å²) < 4.78 is 126. The summed E-state index contributed by atoms with van der Waals surface area (Å²) in [4.78, 5) is 82.6. The zero-order valence-electron chi connectivity index (χ0n) is 40.3. The highest BCUT2D eigenvalue weighted by molar-refractivity contribution is 7.72. The van der Waals surface area contributed by atoms with Gasteiger partial charge in [0, 0.05) is 31.1 Å². The van der Waals surface area contributed by atoms with Crippen molar-refractivity contribution in [3.63, 3.8) is 0 Å². The molecule has 0 saturated carbocycles. The summed E-state index contributed by atoms with van der Waals surface area (Å²) in [7, 11) is -27.5. The number of hydrogen-bond donors (Lipinski definition) is 11. The summed E-state index contributed by atoms with van der Waals surface area (Å²) in [6.07, 6.45) is -0.726. The highest BCUT2D eigenvalue weighted by Gasteiger charge is 2.50. The number of amides is 2. The average molecular weight is 1180 g/mol. The number of carbonyl (C=O) groups is 2. The molecule has 1 aromatic rings. The quantitative estimate of drug-likeness (QED) is 0.0188. The lowest BCUT2D eigenvalue weighted by Gasteiger charge is -2.21. The monoisotopic (exact) mass is 1180 g/mol. The third-order valence-electron chi connectivity index (χ3n) is 9.03. The van der Waals surface area contributed by atoms with Crippen LogP contribution in [0.5, 0.6) is 0 Å². The summed E-state index contributed by atoms with van der Waals surface area (Å²) in [6, 6.07) is 6.38. The van der Waals surface area contributed by atoms with Crippen molar-refractivity contribution in [2.75, 3.05) is 99.8 Å². The predicted molar refractivity (Wildman–Crippen MR) is 257 cm³/mol. The van der Waals surface area contributed by atoms with Crippen molar-refractivity contribution >= 4 is 66.6 Å². The Balaban J connectivity index is 1.46. The van der Waals surface area contributed by atoms with Crippen LogP contribution < -0.4 is 21.3 Å². The number of phosphoric ester groups is 2. The van der Waals surface area contributed by atoms with Crippen LogP contribution in [0.15, 0.2) is 24.3 Å². The van der Waals surface area contributed by atoms with Gasteiger partial charge in [0.05, 0.1) is 84.8 Å². The van der Waals surface area contributed by atoms with E-state index >= 15 is 0 Å². The van der Waals surface area contributed by atoms with Crippen LogP contribution in [0.25, 0.3) is 0 Å². The minimum Gasteiger partial charge on any atom is -0.390 e. The topological polar surface area (TPSA) is 437 Å². The second-order valence-corrected chi connectivity index (χ2v) is 24.6. The molecule has 38 heteroatoms. The molecule has 1 aromatic carbocycles. The van der Waals surface area contributed by atoms with Crippen molar-refractivity contribution < 1.29 is 126 Å². The Morgan fingerprint density at radius 2 is 1.16 bits per heavy atom. The number of nitrogens with one attached hydrogen (secondary N) is 4. The van der Waals surface area contributed by atoms with E-state index in [1.165, 1.54) is 0 Å². The van der Waals surface area contributed by atoms with Gasteiger partial charge in [-0.1, -0.05) is 36.8 Å². The number of rotatable bonds is 41. The van der Waals surface area contributed by atoms with E-state index < -0.39 is 84.4 Å². The molecule has 1 fully saturated rings. The number of phosphoric acid groups is 6. The Morgan fingerprint density at radius 3 is 1.68 bits per heavy atom. The van der Waals surface area contributed by atoms with E-state index in [4.69, 9.17) is 31.5 Å². The largest absolute Gasteiger partial charge is 0.490 e. The number of aliphatic hydroxyl groups excluding tert-OH is 1. The molecule has 31 nitrogen and oxygen atoms in total. The van der Waals surface area contributed by atoms with Gasteiger partial charge >= 0.3 is 46.9 Å². The Kier molecular flexibility index (Phi) is 32.4. The minimum absolute atomic E-state index is 0.0639. The molecule has 424 valence electrons. The molecule has 1 aliphatic heterocycles. The van der Waals surface area contributed by atoms with Crippen molar-refractivity contribution in [2.24, 2.45) is 0 Å². The second kappa shape index (κ2) is 35.0. The van der Waals surface area contributed by atoms with Crippen molar-refractivity contribution in [2.45, 2.75) is 69.2 Å². The summed E-state index contributed by atoms with van der Waals surface area (Å²) in [5.41, 5.74) is 1.91. The molecule has 11 N–H and O–H groups in total. The molecule has 7 unspecified atom stereocenters. The molecule has 1 saturated heterocycles. The molecule has 10 atom stereocenters. The first kappa shape index (κ1) is 68.4. The van der Waals surface area contributed by atoms with E-state index in [0.29, 0.717) is 71.8 Å². The lowest BCUT2D eigenvalue weighted by Crippen LogP contribution is -2.45. The fourth-order valence-electron chi connectivity index (χ4n) is 5.73. The second-order valence-electron chi connectivity index (χ2n) is 15.2. The van der Waals surface area contributed by atoms with E-state index in [9.17, 15) is 71.4 Å². The lowest BCUT2D eigenvalue weighted by atomic mass is 9.96. The Labute approximate surface area is 428 Å². The van der Waals surface area contributed by atoms with Gasteiger partial charge in [0.2, 0.25) is 11.8 Å². The predicted octanol–water partition coefficient (Wildman–Crippen LogP) is 1.00. The first-order valence-corrected chi connectivity index (χ1v) is 31.3. The molecule has 2 amide bonds. The van der Waals surface area contributed by atoms with Crippen LogP contribution in [0.4, 0.5) is 0 Å². The number of aliphatic hydroxyl groups is 1.